The fourth-order valence-electron chi connectivity index (χ4n) is 3.64. The van der Waals surface area contributed by atoms with Crippen molar-refractivity contribution in [1.82, 2.24) is 10.4 Å². The first kappa shape index (κ1) is 19.3. The number of fused-ring (bicyclic) bond motifs is 1. The van der Waals surface area contributed by atoms with Crippen molar-refractivity contribution in [1.29, 1.82) is 0 Å². The molecule has 2 aliphatic heterocycles. The van der Waals surface area contributed by atoms with Crippen LogP contribution in [0.15, 0.2) is 72.8 Å². The molecule has 3 aromatic carbocycles. The number of rotatable bonds is 3. The summed E-state index contributed by atoms with van der Waals surface area (Å²) in [7, 11) is 0. The molecule has 0 saturated heterocycles. The van der Waals surface area contributed by atoms with Crippen LogP contribution in [0.25, 0.3) is 11.3 Å². The normalized spacial score (nSPS) is 14.9. The standard InChI is InChI=1S/C24H20ClN3O3/c25-18-8-6-17(7-9-18)23-20(16-4-2-1-3-5-16)15-28(27-23)24(29)26-19-10-11-21-22(14-19)31-13-12-30-21/h1-11,14,27H,12-13,15H2,(H,26,29). The van der Waals surface area contributed by atoms with Gasteiger partial charge in [0.2, 0.25) is 0 Å². The van der Waals surface area contributed by atoms with Crippen LogP contribution >= 0.6 is 11.6 Å². The molecule has 156 valence electrons. The molecule has 0 spiro atoms. The van der Waals surface area contributed by atoms with Crippen molar-refractivity contribution in [3.63, 3.8) is 0 Å². The lowest BCUT2D eigenvalue weighted by molar-refractivity contribution is 0.171. The van der Waals surface area contributed by atoms with E-state index in [1.807, 2.05) is 54.6 Å². The van der Waals surface area contributed by atoms with E-state index in [1.54, 1.807) is 23.2 Å². The number of amides is 2. The van der Waals surface area contributed by atoms with Crippen LogP contribution in [0.1, 0.15) is 11.1 Å². The Morgan fingerprint density at radius 2 is 1.65 bits per heavy atom. The number of hydrogen-bond donors (Lipinski definition) is 2. The van der Waals surface area contributed by atoms with Crippen molar-refractivity contribution in [2.75, 3.05) is 25.1 Å². The minimum absolute atomic E-state index is 0.269. The molecule has 5 rings (SSSR count). The fraction of sp³-hybridized carbons (Fsp3) is 0.125. The largest absolute Gasteiger partial charge is 0.486 e. The first-order valence-electron chi connectivity index (χ1n) is 9.97. The van der Waals surface area contributed by atoms with E-state index in [1.165, 1.54) is 0 Å². The van der Waals surface area contributed by atoms with Crippen LogP contribution in [-0.4, -0.2) is 30.8 Å². The van der Waals surface area contributed by atoms with Gasteiger partial charge in [0.25, 0.3) is 0 Å². The highest BCUT2D eigenvalue weighted by Crippen LogP contribution is 2.34. The molecule has 0 unspecified atom stereocenters. The number of anilines is 1. The molecule has 0 bridgehead atoms. The molecule has 0 atom stereocenters. The van der Waals surface area contributed by atoms with Gasteiger partial charge in [-0.1, -0.05) is 54.1 Å². The van der Waals surface area contributed by atoms with Gasteiger partial charge in [0.15, 0.2) is 11.5 Å². The number of ether oxygens (including phenoxy) is 2. The summed E-state index contributed by atoms with van der Waals surface area (Å²) in [4.78, 5) is 13.0. The van der Waals surface area contributed by atoms with Crippen LogP contribution < -0.4 is 20.2 Å². The second kappa shape index (κ2) is 8.24. The number of urea groups is 1. The van der Waals surface area contributed by atoms with Gasteiger partial charge in [-0.3, -0.25) is 5.43 Å². The Hall–Kier alpha value is -3.64. The summed E-state index contributed by atoms with van der Waals surface area (Å²) in [5.74, 6) is 1.31. The Balaban J connectivity index is 1.39. The molecule has 31 heavy (non-hydrogen) atoms. The number of carbonyl (C=O) groups is 1. The summed E-state index contributed by atoms with van der Waals surface area (Å²) in [6.45, 7) is 1.43. The van der Waals surface area contributed by atoms with E-state index >= 15 is 0 Å². The molecule has 2 N–H and O–H groups in total. The third-order valence-electron chi connectivity index (χ3n) is 5.16. The fourth-order valence-corrected chi connectivity index (χ4v) is 3.77. The van der Waals surface area contributed by atoms with Crippen molar-refractivity contribution < 1.29 is 14.3 Å². The molecule has 0 aromatic heterocycles. The van der Waals surface area contributed by atoms with E-state index in [0.29, 0.717) is 42.0 Å². The lowest BCUT2D eigenvalue weighted by atomic mass is 10.0. The molecule has 3 aromatic rings. The van der Waals surface area contributed by atoms with E-state index in [4.69, 9.17) is 21.1 Å². The van der Waals surface area contributed by atoms with Crippen molar-refractivity contribution in [3.8, 4) is 11.5 Å². The SMILES string of the molecule is O=C(Nc1ccc2c(c1)OCCO2)N1CC(c2ccccc2)=C(c2ccc(Cl)cc2)N1. The molecule has 2 aliphatic rings. The summed E-state index contributed by atoms with van der Waals surface area (Å²) in [6.07, 6.45) is 0. The van der Waals surface area contributed by atoms with Crippen LogP contribution in [0.5, 0.6) is 11.5 Å². The summed E-state index contributed by atoms with van der Waals surface area (Å²) >= 11 is 6.06. The smallest absolute Gasteiger partial charge is 0.340 e. The highest BCUT2D eigenvalue weighted by molar-refractivity contribution is 6.30. The minimum atomic E-state index is -0.269. The van der Waals surface area contributed by atoms with Gasteiger partial charge >= 0.3 is 6.03 Å². The predicted octanol–water partition coefficient (Wildman–Crippen LogP) is 5.03. The van der Waals surface area contributed by atoms with Crippen LogP contribution in [0, 0.1) is 0 Å². The van der Waals surface area contributed by atoms with Gasteiger partial charge < -0.3 is 14.8 Å². The van der Waals surface area contributed by atoms with Crippen LogP contribution in [0.4, 0.5) is 10.5 Å². The van der Waals surface area contributed by atoms with E-state index in [0.717, 1.165) is 22.4 Å². The van der Waals surface area contributed by atoms with Gasteiger partial charge in [-0.2, -0.15) is 0 Å². The molecular weight excluding hydrogens is 414 g/mol. The third kappa shape index (κ3) is 4.02. The number of nitrogens with one attached hydrogen (secondary N) is 2. The third-order valence-corrected chi connectivity index (χ3v) is 5.41. The second-order valence-electron chi connectivity index (χ2n) is 7.21. The monoisotopic (exact) mass is 433 g/mol. The van der Waals surface area contributed by atoms with Crippen LogP contribution in [0.3, 0.4) is 0 Å². The summed E-state index contributed by atoms with van der Waals surface area (Å²) in [5.41, 5.74) is 7.81. The highest BCUT2D eigenvalue weighted by Gasteiger charge is 2.27. The maximum absolute atomic E-state index is 13.0. The Morgan fingerprint density at radius 1 is 0.903 bits per heavy atom. The van der Waals surface area contributed by atoms with Gasteiger partial charge in [-0.05, 0) is 35.4 Å². The van der Waals surface area contributed by atoms with E-state index in [-0.39, 0.29) is 6.03 Å². The quantitative estimate of drug-likeness (QED) is 0.608. The Bertz CT molecular complexity index is 1150. The van der Waals surface area contributed by atoms with E-state index in [9.17, 15) is 4.79 Å². The van der Waals surface area contributed by atoms with Gasteiger partial charge in [-0.25, -0.2) is 9.80 Å². The number of nitrogens with zero attached hydrogens (tertiary/aromatic N) is 1. The van der Waals surface area contributed by atoms with Gasteiger partial charge in [0.05, 0.1) is 12.2 Å². The molecule has 2 heterocycles. The van der Waals surface area contributed by atoms with Crippen molar-refractivity contribution >= 4 is 34.6 Å². The Kier molecular flexibility index (Phi) is 5.14. The Labute approximate surface area is 185 Å². The zero-order valence-corrected chi connectivity index (χ0v) is 17.4. The molecule has 0 fully saturated rings. The van der Waals surface area contributed by atoms with Crippen molar-refractivity contribution in [2.45, 2.75) is 0 Å². The van der Waals surface area contributed by atoms with Gasteiger partial charge in [-0.15, -0.1) is 0 Å². The molecule has 0 radical (unpaired) electrons. The maximum Gasteiger partial charge on any atom is 0.340 e. The summed E-state index contributed by atoms with van der Waals surface area (Å²) in [6, 6.07) is 22.7. The van der Waals surface area contributed by atoms with E-state index in [2.05, 4.69) is 10.7 Å². The Morgan fingerprint density at radius 3 is 2.42 bits per heavy atom. The maximum atomic E-state index is 13.0. The van der Waals surface area contributed by atoms with Crippen molar-refractivity contribution in [2.24, 2.45) is 0 Å². The highest BCUT2D eigenvalue weighted by atomic mass is 35.5. The number of halogens is 1. The number of hydrazine groups is 1. The van der Waals surface area contributed by atoms with Crippen LogP contribution in [0.2, 0.25) is 5.02 Å². The summed E-state index contributed by atoms with van der Waals surface area (Å²) in [5, 5.41) is 5.15. The van der Waals surface area contributed by atoms with Gasteiger partial charge in [0.1, 0.15) is 13.2 Å². The molecule has 0 saturated carbocycles. The first-order chi connectivity index (χ1) is 15.2. The molecule has 6 nitrogen and oxygen atoms in total. The first-order valence-corrected chi connectivity index (χ1v) is 10.3. The topological polar surface area (TPSA) is 62.8 Å². The molecular formula is C24H20ClN3O3. The number of benzene rings is 3. The lowest BCUT2D eigenvalue weighted by Gasteiger charge is -2.21. The van der Waals surface area contributed by atoms with E-state index < -0.39 is 0 Å². The van der Waals surface area contributed by atoms with Gasteiger partial charge in [0, 0.05) is 22.3 Å². The predicted molar refractivity (Wildman–Crippen MR) is 121 cm³/mol. The van der Waals surface area contributed by atoms with Crippen LogP contribution in [-0.2, 0) is 0 Å². The zero-order valence-electron chi connectivity index (χ0n) is 16.6. The minimum Gasteiger partial charge on any atom is -0.486 e. The molecule has 0 aliphatic carbocycles. The number of carbonyl (C=O) groups excluding carboxylic acids is 1. The second-order valence-corrected chi connectivity index (χ2v) is 7.65. The molecule has 2 amide bonds. The average Bonchev–Trinajstić information content (AvgIpc) is 3.26. The zero-order chi connectivity index (χ0) is 21.2. The number of hydrogen-bond acceptors (Lipinski definition) is 4. The lowest BCUT2D eigenvalue weighted by Crippen LogP contribution is -2.40. The van der Waals surface area contributed by atoms with Crippen molar-refractivity contribution in [3.05, 3.63) is 88.9 Å². The average molecular weight is 434 g/mol. The molecule has 7 heteroatoms. The summed E-state index contributed by atoms with van der Waals surface area (Å²) < 4.78 is 11.1.